The third-order valence-electron chi connectivity index (χ3n) is 5.61. The van der Waals surface area contributed by atoms with Gasteiger partial charge >= 0.3 is 0 Å². The minimum atomic E-state index is -0.262. The number of aryl methyl sites for hydroxylation is 1. The number of benzene rings is 2. The van der Waals surface area contributed by atoms with Gasteiger partial charge in [0.2, 0.25) is 5.91 Å². The molecule has 0 bridgehead atoms. The van der Waals surface area contributed by atoms with Gasteiger partial charge in [-0.05, 0) is 54.6 Å². The second-order valence-electron chi connectivity index (χ2n) is 7.60. The lowest BCUT2D eigenvalue weighted by Gasteiger charge is -2.36. The number of rotatable bonds is 6. The lowest BCUT2D eigenvalue weighted by molar-refractivity contribution is -0.131. The molecule has 0 spiro atoms. The van der Waals surface area contributed by atoms with E-state index in [2.05, 4.69) is 10.00 Å². The standard InChI is InChI=1S/C24H25FN4O3/c1-32-21-8-2-18(3-9-21)22-10-11-24(31)29(26-22)13-12-23(30)28-16-14-27(15-17-28)20-6-4-19(25)5-7-20/h2-11H,12-17H2,1H3. The highest BCUT2D eigenvalue weighted by Crippen LogP contribution is 2.20. The smallest absolute Gasteiger partial charge is 0.266 e. The number of hydrogen-bond acceptors (Lipinski definition) is 5. The van der Waals surface area contributed by atoms with Crippen LogP contribution in [-0.4, -0.2) is 53.9 Å². The number of piperazine rings is 1. The molecule has 0 N–H and O–H groups in total. The van der Waals surface area contributed by atoms with Gasteiger partial charge in [0.25, 0.3) is 5.56 Å². The van der Waals surface area contributed by atoms with Gasteiger partial charge in [-0.3, -0.25) is 9.59 Å². The third-order valence-corrected chi connectivity index (χ3v) is 5.61. The Morgan fingerprint density at radius 1 is 0.969 bits per heavy atom. The monoisotopic (exact) mass is 436 g/mol. The molecule has 1 aromatic heterocycles. The van der Waals surface area contributed by atoms with Crippen molar-refractivity contribution in [1.82, 2.24) is 14.7 Å². The van der Waals surface area contributed by atoms with E-state index in [1.54, 1.807) is 30.2 Å². The van der Waals surface area contributed by atoms with Crippen LogP contribution in [-0.2, 0) is 11.3 Å². The zero-order valence-corrected chi connectivity index (χ0v) is 17.9. The fraction of sp³-hybridized carbons (Fsp3) is 0.292. The average molecular weight is 436 g/mol. The van der Waals surface area contributed by atoms with Crippen LogP contribution in [0.15, 0.2) is 65.5 Å². The minimum Gasteiger partial charge on any atom is -0.497 e. The van der Waals surface area contributed by atoms with E-state index in [-0.39, 0.29) is 30.2 Å². The number of carbonyl (C=O) groups is 1. The molecule has 0 saturated carbocycles. The Hall–Kier alpha value is -3.68. The number of halogens is 1. The SMILES string of the molecule is COc1ccc(-c2ccc(=O)n(CCC(=O)N3CCN(c4ccc(F)cc4)CC3)n2)cc1. The van der Waals surface area contributed by atoms with E-state index in [0.29, 0.717) is 31.9 Å². The first-order chi connectivity index (χ1) is 15.5. The number of nitrogens with zero attached hydrogens (tertiary/aromatic N) is 4. The topological polar surface area (TPSA) is 67.7 Å². The van der Waals surface area contributed by atoms with Crippen molar-refractivity contribution in [2.75, 3.05) is 38.2 Å². The van der Waals surface area contributed by atoms with Crippen molar-refractivity contribution in [3.05, 3.63) is 76.8 Å². The molecule has 8 heteroatoms. The van der Waals surface area contributed by atoms with Crippen molar-refractivity contribution in [3.63, 3.8) is 0 Å². The van der Waals surface area contributed by atoms with Crippen LogP contribution in [0.3, 0.4) is 0 Å². The maximum absolute atomic E-state index is 13.1. The molecule has 166 valence electrons. The second-order valence-corrected chi connectivity index (χ2v) is 7.60. The summed E-state index contributed by atoms with van der Waals surface area (Å²) in [4.78, 5) is 28.9. The molecule has 32 heavy (non-hydrogen) atoms. The van der Waals surface area contributed by atoms with E-state index in [1.807, 2.05) is 24.3 Å². The third kappa shape index (κ3) is 4.96. The van der Waals surface area contributed by atoms with Crippen molar-refractivity contribution < 1.29 is 13.9 Å². The first kappa shape index (κ1) is 21.5. The van der Waals surface area contributed by atoms with Crippen molar-refractivity contribution in [1.29, 1.82) is 0 Å². The molecule has 0 aliphatic carbocycles. The van der Waals surface area contributed by atoms with Crippen LogP contribution < -0.4 is 15.2 Å². The van der Waals surface area contributed by atoms with Gasteiger partial charge in [-0.2, -0.15) is 5.10 Å². The zero-order chi connectivity index (χ0) is 22.5. The molecule has 2 heterocycles. The normalized spacial score (nSPS) is 13.8. The number of ether oxygens (including phenoxy) is 1. The summed E-state index contributed by atoms with van der Waals surface area (Å²) >= 11 is 0. The van der Waals surface area contributed by atoms with E-state index in [0.717, 1.165) is 17.0 Å². The Balaban J connectivity index is 1.34. The number of amides is 1. The van der Waals surface area contributed by atoms with E-state index >= 15 is 0 Å². The van der Waals surface area contributed by atoms with Gasteiger partial charge in [0.15, 0.2) is 0 Å². The maximum atomic E-state index is 13.1. The van der Waals surface area contributed by atoms with Crippen molar-refractivity contribution >= 4 is 11.6 Å². The molecule has 1 aliphatic rings. The van der Waals surface area contributed by atoms with Crippen LogP contribution in [0.5, 0.6) is 5.75 Å². The number of methoxy groups -OCH3 is 1. The van der Waals surface area contributed by atoms with Crippen LogP contribution in [0, 0.1) is 5.82 Å². The lowest BCUT2D eigenvalue weighted by Crippen LogP contribution is -2.49. The Bertz CT molecular complexity index is 1120. The molecule has 1 saturated heterocycles. The fourth-order valence-corrected chi connectivity index (χ4v) is 3.75. The van der Waals surface area contributed by atoms with Crippen molar-refractivity contribution in [2.24, 2.45) is 0 Å². The van der Waals surface area contributed by atoms with Gasteiger partial charge in [0.05, 0.1) is 19.3 Å². The molecule has 4 rings (SSSR count). The lowest BCUT2D eigenvalue weighted by atomic mass is 10.1. The summed E-state index contributed by atoms with van der Waals surface area (Å²) in [5.74, 6) is 0.474. The molecule has 0 unspecified atom stereocenters. The van der Waals surface area contributed by atoms with Gasteiger partial charge in [0, 0.05) is 49.9 Å². The van der Waals surface area contributed by atoms with Gasteiger partial charge in [-0.1, -0.05) is 0 Å². The first-order valence-electron chi connectivity index (χ1n) is 10.5. The predicted molar refractivity (Wildman–Crippen MR) is 120 cm³/mol. The van der Waals surface area contributed by atoms with E-state index in [1.165, 1.54) is 22.9 Å². The number of aromatic nitrogens is 2. The second kappa shape index (κ2) is 9.64. The van der Waals surface area contributed by atoms with Crippen molar-refractivity contribution in [3.8, 4) is 17.0 Å². The van der Waals surface area contributed by atoms with Gasteiger partial charge < -0.3 is 14.5 Å². The quantitative estimate of drug-likeness (QED) is 0.595. The molecular formula is C24H25FN4O3. The predicted octanol–water partition coefficient (Wildman–Crippen LogP) is 2.80. The molecular weight excluding hydrogens is 411 g/mol. The Kier molecular flexibility index (Phi) is 6.49. The van der Waals surface area contributed by atoms with E-state index in [9.17, 15) is 14.0 Å². The molecule has 1 amide bonds. The molecule has 1 fully saturated rings. The molecule has 1 aliphatic heterocycles. The van der Waals surface area contributed by atoms with E-state index < -0.39 is 0 Å². The average Bonchev–Trinajstić information content (AvgIpc) is 2.84. The van der Waals surface area contributed by atoms with Crippen LogP contribution in [0.25, 0.3) is 11.3 Å². The van der Waals surface area contributed by atoms with Gasteiger partial charge in [-0.25, -0.2) is 9.07 Å². The Morgan fingerprint density at radius 3 is 2.31 bits per heavy atom. The molecule has 0 atom stereocenters. The minimum absolute atomic E-state index is 0.00712. The molecule has 3 aromatic rings. The molecule has 0 radical (unpaired) electrons. The fourth-order valence-electron chi connectivity index (χ4n) is 3.75. The molecule has 2 aromatic carbocycles. The van der Waals surface area contributed by atoms with Crippen LogP contribution in [0.1, 0.15) is 6.42 Å². The summed E-state index contributed by atoms with van der Waals surface area (Å²) in [5.41, 5.74) is 2.23. The van der Waals surface area contributed by atoms with E-state index in [4.69, 9.17) is 4.74 Å². The highest BCUT2D eigenvalue weighted by Gasteiger charge is 2.21. The van der Waals surface area contributed by atoms with Crippen LogP contribution in [0.2, 0.25) is 0 Å². The number of carbonyl (C=O) groups excluding carboxylic acids is 1. The zero-order valence-electron chi connectivity index (χ0n) is 17.9. The van der Waals surface area contributed by atoms with Gasteiger partial charge in [0.1, 0.15) is 11.6 Å². The van der Waals surface area contributed by atoms with Crippen molar-refractivity contribution in [2.45, 2.75) is 13.0 Å². The first-order valence-corrected chi connectivity index (χ1v) is 10.5. The largest absolute Gasteiger partial charge is 0.497 e. The summed E-state index contributed by atoms with van der Waals surface area (Å²) in [7, 11) is 1.60. The summed E-state index contributed by atoms with van der Waals surface area (Å²) in [6.45, 7) is 2.76. The van der Waals surface area contributed by atoms with Gasteiger partial charge in [-0.15, -0.1) is 0 Å². The summed E-state index contributed by atoms with van der Waals surface area (Å²) in [5, 5.41) is 4.43. The summed E-state index contributed by atoms with van der Waals surface area (Å²) < 4.78 is 19.6. The summed E-state index contributed by atoms with van der Waals surface area (Å²) in [6, 6.07) is 17.0. The van der Waals surface area contributed by atoms with Crippen LogP contribution >= 0.6 is 0 Å². The highest BCUT2D eigenvalue weighted by atomic mass is 19.1. The number of hydrogen-bond donors (Lipinski definition) is 0. The molecule has 7 nitrogen and oxygen atoms in total. The Labute approximate surface area is 185 Å². The summed E-state index contributed by atoms with van der Waals surface area (Å²) in [6.07, 6.45) is 0.204. The Morgan fingerprint density at radius 2 is 1.66 bits per heavy atom. The number of anilines is 1. The highest BCUT2D eigenvalue weighted by molar-refractivity contribution is 5.76. The maximum Gasteiger partial charge on any atom is 0.266 e. The van der Waals surface area contributed by atoms with Crippen LogP contribution in [0.4, 0.5) is 10.1 Å².